The van der Waals surface area contributed by atoms with Gasteiger partial charge in [-0.2, -0.15) is 4.98 Å². The number of benzene rings is 1. The number of nitrogens with one attached hydrogen (secondary N) is 1. The maximum Gasteiger partial charge on any atom is 0.227 e. The van der Waals surface area contributed by atoms with Gasteiger partial charge in [0.1, 0.15) is 11.6 Å². The number of nitrogens with zero attached hydrogens (tertiary/aromatic N) is 4. The number of aromatic nitrogens is 2. The van der Waals surface area contributed by atoms with Crippen molar-refractivity contribution in [1.29, 1.82) is 0 Å². The van der Waals surface area contributed by atoms with Crippen molar-refractivity contribution in [3.8, 4) is 5.75 Å². The van der Waals surface area contributed by atoms with Gasteiger partial charge in [0.25, 0.3) is 0 Å². The maximum atomic E-state index is 6.45. The van der Waals surface area contributed by atoms with Crippen LogP contribution in [0.15, 0.2) is 30.5 Å². The molecule has 4 rings (SSSR count). The van der Waals surface area contributed by atoms with Crippen LogP contribution in [-0.2, 0) is 11.3 Å². The Balaban J connectivity index is 1.35. The largest absolute Gasteiger partial charge is 0.495 e. The minimum atomic E-state index is 0.358. The number of ether oxygens (including phenoxy) is 2. The van der Waals surface area contributed by atoms with Crippen molar-refractivity contribution in [2.75, 3.05) is 56.7 Å². The molecule has 8 heteroatoms. The van der Waals surface area contributed by atoms with E-state index in [0.717, 1.165) is 75.4 Å². The molecule has 2 aromatic rings. The first-order chi connectivity index (χ1) is 13.7. The van der Waals surface area contributed by atoms with Gasteiger partial charge in [-0.3, -0.25) is 4.90 Å². The number of rotatable bonds is 6. The van der Waals surface area contributed by atoms with E-state index >= 15 is 0 Å². The molecule has 1 N–H and O–H groups in total. The van der Waals surface area contributed by atoms with Gasteiger partial charge >= 0.3 is 0 Å². The molecule has 1 unspecified atom stereocenters. The maximum absolute atomic E-state index is 6.45. The van der Waals surface area contributed by atoms with Gasteiger partial charge < -0.3 is 19.7 Å². The molecule has 28 heavy (non-hydrogen) atoms. The minimum absolute atomic E-state index is 0.358. The molecule has 7 nitrogen and oxygen atoms in total. The van der Waals surface area contributed by atoms with Gasteiger partial charge in [-0.05, 0) is 24.1 Å². The molecular weight excluding hydrogens is 378 g/mol. The first-order valence-electron chi connectivity index (χ1n) is 9.69. The van der Waals surface area contributed by atoms with Gasteiger partial charge in [0.05, 0.1) is 25.3 Å². The normalized spacial score (nSPS) is 20.4. The fourth-order valence-electron chi connectivity index (χ4n) is 3.72. The Morgan fingerprint density at radius 3 is 2.93 bits per heavy atom. The summed E-state index contributed by atoms with van der Waals surface area (Å²) < 4.78 is 10.7. The summed E-state index contributed by atoms with van der Waals surface area (Å²) >= 11 is 6.45. The summed E-state index contributed by atoms with van der Waals surface area (Å²) in [5.74, 6) is 2.37. The predicted molar refractivity (Wildman–Crippen MR) is 110 cm³/mol. The first kappa shape index (κ1) is 19.2. The van der Waals surface area contributed by atoms with Crippen LogP contribution < -0.4 is 15.0 Å². The lowest BCUT2D eigenvalue weighted by Gasteiger charge is -2.27. The third kappa shape index (κ3) is 4.48. The Labute approximate surface area is 170 Å². The number of methoxy groups -OCH3 is 1. The fraction of sp³-hybridized carbons (Fsp3) is 0.500. The van der Waals surface area contributed by atoms with E-state index in [1.54, 1.807) is 7.11 Å². The Morgan fingerprint density at radius 2 is 2.11 bits per heavy atom. The molecule has 150 valence electrons. The number of likely N-dealkylation sites (tertiary alicyclic amines) is 1. The van der Waals surface area contributed by atoms with Gasteiger partial charge in [0.2, 0.25) is 5.95 Å². The lowest BCUT2D eigenvalue weighted by Crippen LogP contribution is -2.37. The molecule has 2 fully saturated rings. The van der Waals surface area contributed by atoms with Gasteiger partial charge in [0, 0.05) is 45.0 Å². The van der Waals surface area contributed by atoms with Crippen molar-refractivity contribution in [3.05, 3.63) is 41.0 Å². The smallest absolute Gasteiger partial charge is 0.227 e. The van der Waals surface area contributed by atoms with Crippen molar-refractivity contribution >= 4 is 23.4 Å². The zero-order chi connectivity index (χ0) is 19.3. The number of anilines is 2. The van der Waals surface area contributed by atoms with E-state index in [9.17, 15) is 0 Å². The molecule has 2 aliphatic heterocycles. The number of morpholine rings is 1. The van der Waals surface area contributed by atoms with E-state index < -0.39 is 0 Å². The zero-order valence-electron chi connectivity index (χ0n) is 16.1. The first-order valence-corrected chi connectivity index (χ1v) is 10.1. The second kappa shape index (κ2) is 8.94. The lowest BCUT2D eigenvalue weighted by molar-refractivity contribution is 0.122. The van der Waals surface area contributed by atoms with Gasteiger partial charge in [0.15, 0.2) is 0 Å². The monoisotopic (exact) mass is 403 g/mol. The summed E-state index contributed by atoms with van der Waals surface area (Å²) in [6.07, 6.45) is 2.89. The second-order valence-corrected chi connectivity index (χ2v) is 7.52. The molecule has 0 amide bonds. The molecule has 1 aromatic heterocycles. The van der Waals surface area contributed by atoms with Crippen molar-refractivity contribution in [2.24, 2.45) is 0 Å². The Morgan fingerprint density at radius 1 is 1.25 bits per heavy atom. The van der Waals surface area contributed by atoms with Gasteiger partial charge in [-0.1, -0.05) is 23.7 Å². The van der Waals surface area contributed by atoms with Crippen LogP contribution in [0.2, 0.25) is 5.02 Å². The van der Waals surface area contributed by atoms with Crippen LogP contribution in [0, 0.1) is 0 Å². The van der Waals surface area contributed by atoms with Crippen molar-refractivity contribution in [1.82, 2.24) is 14.9 Å². The van der Waals surface area contributed by atoms with E-state index in [2.05, 4.69) is 26.2 Å². The lowest BCUT2D eigenvalue weighted by atomic mass is 10.2. The van der Waals surface area contributed by atoms with E-state index in [1.807, 2.05) is 24.4 Å². The fourth-order valence-corrected chi connectivity index (χ4v) is 3.99. The summed E-state index contributed by atoms with van der Waals surface area (Å²) in [6, 6.07) is 8.23. The SMILES string of the molecule is COc1cccc(CN2CCC(Nc3ccnc(N4CCOCC4)n3)C2)c1Cl. The summed E-state index contributed by atoms with van der Waals surface area (Å²) in [7, 11) is 1.65. The number of hydrogen-bond acceptors (Lipinski definition) is 7. The third-order valence-electron chi connectivity index (χ3n) is 5.22. The molecule has 0 saturated carbocycles. The summed E-state index contributed by atoms with van der Waals surface area (Å²) in [5.41, 5.74) is 1.10. The Bertz CT molecular complexity index is 800. The van der Waals surface area contributed by atoms with Crippen molar-refractivity contribution in [2.45, 2.75) is 19.0 Å². The second-order valence-electron chi connectivity index (χ2n) is 7.14. The summed E-state index contributed by atoms with van der Waals surface area (Å²) in [5, 5.41) is 4.27. The van der Waals surface area contributed by atoms with E-state index in [0.29, 0.717) is 11.1 Å². The summed E-state index contributed by atoms with van der Waals surface area (Å²) in [4.78, 5) is 13.7. The zero-order valence-corrected chi connectivity index (χ0v) is 16.9. The molecular formula is C20H26ClN5O2. The molecule has 0 radical (unpaired) electrons. The topological polar surface area (TPSA) is 62.8 Å². The van der Waals surface area contributed by atoms with E-state index in [1.165, 1.54) is 0 Å². The van der Waals surface area contributed by atoms with Crippen molar-refractivity contribution in [3.63, 3.8) is 0 Å². The molecule has 0 spiro atoms. The molecule has 2 saturated heterocycles. The van der Waals surface area contributed by atoms with E-state index in [-0.39, 0.29) is 0 Å². The van der Waals surface area contributed by atoms with Crippen LogP contribution >= 0.6 is 11.6 Å². The minimum Gasteiger partial charge on any atom is -0.495 e. The van der Waals surface area contributed by atoms with Crippen LogP contribution in [0.25, 0.3) is 0 Å². The van der Waals surface area contributed by atoms with Crippen LogP contribution in [0.1, 0.15) is 12.0 Å². The van der Waals surface area contributed by atoms with Crippen LogP contribution in [-0.4, -0.2) is 67.4 Å². The highest BCUT2D eigenvalue weighted by Gasteiger charge is 2.24. The molecule has 0 bridgehead atoms. The van der Waals surface area contributed by atoms with E-state index in [4.69, 9.17) is 26.1 Å². The molecule has 1 aromatic carbocycles. The van der Waals surface area contributed by atoms with Gasteiger partial charge in [-0.25, -0.2) is 4.98 Å². The highest BCUT2D eigenvalue weighted by Crippen LogP contribution is 2.29. The Kier molecular flexibility index (Phi) is 6.14. The van der Waals surface area contributed by atoms with Crippen molar-refractivity contribution < 1.29 is 9.47 Å². The number of halogens is 1. The predicted octanol–water partition coefficient (Wildman–Crippen LogP) is 2.66. The molecule has 2 aliphatic rings. The number of hydrogen-bond donors (Lipinski definition) is 1. The average molecular weight is 404 g/mol. The molecule has 3 heterocycles. The molecule has 1 atom stereocenters. The Hall–Kier alpha value is -2.09. The standard InChI is InChI=1S/C20H26ClN5O2/c1-27-17-4-2-3-15(19(17)21)13-25-8-6-16(14-25)23-18-5-7-22-20(24-18)26-9-11-28-12-10-26/h2-5,7,16H,6,8-14H2,1H3,(H,22,23,24). The van der Waals surface area contributed by atoms with Crippen LogP contribution in [0.4, 0.5) is 11.8 Å². The quantitative estimate of drug-likeness (QED) is 0.795. The van der Waals surface area contributed by atoms with Crippen LogP contribution in [0.5, 0.6) is 5.75 Å². The third-order valence-corrected chi connectivity index (χ3v) is 5.65. The average Bonchev–Trinajstić information content (AvgIpc) is 3.17. The van der Waals surface area contributed by atoms with Gasteiger partial charge in [-0.15, -0.1) is 0 Å². The van der Waals surface area contributed by atoms with Crippen LogP contribution in [0.3, 0.4) is 0 Å². The highest BCUT2D eigenvalue weighted by molar-refractivity contribution is 6.32. The highest BCUT2D eigenvalue weighted by atomic mass is 35.5. The summed E-state index contributed by atoms with van der Waals surface area (Å²) in [6.45, 7) is 5.91. The molecule has 0 aliphatic carbocycles.